The lowest BCUT2D eigenvalue weighted by molar-refractivity contribution is -0.123. The Morgan fingerprint density at radius 3 is 2.76 bits per heavy atom. The van der Waals surface area contributed by atoms with Crippen LogP contribution in [0.4, 0.5) is 16.2 Å². The number of methoxy groups -OCH3 is 1. The Morgan fingerprint density at radius 1 is 1.24 bits per heavy atom. The largest absolute Gasteiger partial charge is 0.497 e. The molecule has 1 aliphatic rings. The average Bonchev–Trinajstić information content (AvgIpc) is 3.47. The summed E-state index contributed by atoms with van der Waals surface area (Å²) in [6.07, 6.45) is 2.97. The zero-order valence-corrected chi connectivity index (χ0v) is 23.1. The molecule has 0 radical (unpaired) electrons. The molecule has 0 saturated heterocycles. The summed E-state index contributed by atoms with van der Waals surface area (Å²) in [6.45, 7) is 1.07. The third-order valence-electron chi connectivity index (χ3n) is 6.68. The van der Waals surface area contributed by atoms with Gasteiger partial charge in [0.05, 0.1) is 48.9 Å². The van der Waals surface area contributed by atoms with Gasteiger partial charge in [-0.05, 0) is 36.2 Å². The summed E-state index contributed by atoms with van der Waals surface area (Å²) >= 11 is 6.41. The highest BCUT2D eigenvalue weighted by atomic mass is 35.5. The van der Waals surface area contributed by atoms with Crippen molar-refractivity contribution in [2.75, 3.05) is 25.6 Å². The molecule has 1 unspecified atom stereocenters. The van der Waals surface area contributed by atoms with Gasteiger partial charge < -0.3 is 25.4 Å². The Hall–Kier alpha value is -4.62. The summed E-state index contributed by atoms with van der Waals surface area (Å²) in [7, 11) is 3.07. The maximum Gasteiger partial charge on any atom is 0.255 e. The Bertz CT molecular complexity index is 1630. The average molecular weight is 581 g/mol. The number of aromatic nitrogens is 5. The van der Waals surface area contributed by atoms with Crippen LogP contribution < -0.4 is 15.4 Å². The van der Waals surface area contributed by atoms with Crippen LogP contribution in [0.15, 0.2) is 48.8 Å². The van der Waals surface area contributed by atoms with Crippen molar-refractivity contribution in [2.45, 2.75) is 19.0 Å². The van der Waals surface area contributed by atoms with Crippen LogP contribution in [0.1, 0.15) is 40.5 Å². The first-order valence-electron chi connectivity index (χ1n) is 12.5. The summed E-state index contributed by atoms with van der Waals surface area (Å²) < 4.78 is 19.1. The topological polar surface area (TPSA) is 147 Å². The Kier molecular flexibility index (Phi) is 7.81. The lowest BCUT2D eigenvalue weighted by atomic mass is 10.0. The molecule has 2 amide bonds. The fourth-order valence-electron chi connectivity index (χ4n) is 4.64. The Morgan fingerprint density at radius 2 is 2.05 bits per heavy atom. The minimum Gasteiger partial charge on any atom is -0.497 e. The van der Waals surface area contributed by atoms with E-state index in [4.69, 9.17) is 16.3 Å². The summed E-state index contributed by atoms with van der Waals surface area (Å²) in [5.41, 5.74) is 2.48. The van der Waals surface area contributed by atoms with Crippen molar-refractivity contribution in [3.05, 3.63) is 76.3 Å². The van der Waals surface area contributed by atoms with Gasteiger partial charge in [0.2, 0.25) is 11.9 Å². The molecule has 0 spiro atoms. The van der Waals surface area contributed by atoms with E-state index in [1.54, 1.807) is 25.2 Å². The number of carbonyl (C=O) groups excluding carboxylic acids is 2. The highest BCUT2D eigenvalue weighted by molar-refractivity contribution is 6.33. The van der Waals surface area contributed by atoms with Gasteiger partial charge in [0.1, 0.15) is 18.1 Å². The predicted octanol–water partition coefficient (Wildman–Crippen LogP) is 3.18. The zero-order valence-electron chi connectivity index (χ0n) is 22.3. The number of hydrogen-bond acceptors (Lipinski definition) is 9. The van der Waals surface area contributed by atoms with E-state index in [0.717, 1.165) is 5.56 Å². The van der Waals surface area contributed by atoms with Crippen LogP contribution in [0, 0.1) is 5.82 Å². The number of aliphatic hydroxyl groups excluding tert-OH is 1. The number of ether oxygens (including phenoxy) is 1. The molecule has 12 nitrogen and oxygen atoms in total. The van der Waals surface area contributed by atoms with E-state index in [-0.39, 0.29) is 29.2 Å². The third-order valence-corrected chi connectivity index (χ3v) is 6.96. The van der Waals surface area contributed by atoms with Gasteiger partial charge >= 0.3 is 0 Å². The fraction of sp³-hybridized carbons (Fsp3) is 0.259. The van der Waals surface area contributed by atoms with Crippen molar-refractivity contribution in [1.29, 1.82) is 0 Å². The van der Waals surface area contributed by atoms with E-state index in [0.29, 0.717) is 28.2 Å². The number of nitrogens with one attached hydrogen (secondary N) is 2. The molecule has 212 valence electrons. The molecule has 3 N–H and O–H groups in total. The number of amides is 2. The summed E-state index contributed by atoms with van der Waals surface area (Å²) in [5, 5.41) is 23.9. The van der Waals surface area contributed by atoms with E-state index < -0.39 is 30.4 Å². The second-order valence-corrected chi connectivity index (χ2v) is 9.78. The molecule has 1 aliphatic heterocycles. The summed E-state index contributed by atoms with van der Waals surface area (Å²) in [6, 6.07) is 7.92. The number of fused-ring (bicyclic) bond motifs is 1. The number of rotatable bonds is 9. The van der Waals surface area contributed by atoms with Crippen LogP contribution in [0.2, 0.25) is 5.02 Å². The second kappa shape index (κ2) is 11.5. The first-order valence-corrected chi connectivity index (χ1v) is 12.9. The van der Waals surface area contributed by atoms with Crippen molar-refractivity contribution in [2.24, 2.45) is 7.05 Å². The van der Waals surface area contributed by atoms with E-state index in [1.807, 2.05) is 6.92 Å². The number of carbonyl (C=O) groups is 2. The highest BCUT2D eigenvalue weighted by Gasteiger charge is 2.35. The number of halogens is 2. The van der Waals surface area contributed by atoms with Crippen LogP contribution in [0.5, 0.6) is 5.75 Å². The van der Waals surface area contributed by atoms with Gasteiger partial charge in [-0.3, -0.25) is 9.59 Å². The summed E-state index contributed by atoms with van der Waals surface area (Å²) in [4.78, 5) is 37.9. The van der Waals surface area contributed by atoms with Crippen LogP contribution in [-0.2, 0) is 11.8 Å². The number of benzene rings is 2. The normalized spacial score (nSPS) is 15.0. The predicted molar refractivity (Wildman–Crippen MR) is 147 cm³/mol. The van der Waals surface area contributed by atoms with Gasteiger partial charge in [-0.1, -0.05) is 23.7 Å². The molecule has 41 heavy (non-hydrogen) atoms. The molecule has 14 heteroatoms. The van der Waals surface area contributed by atoms with Gasteiger partial charge in [-0.2, -0.15) is 9.90 Å². The molecule has 0 aliphatic carbocycles. The van der Waals surface area contributed by atoms with Crippen LogP contribution in [0.3, 0.4) is 0 Å². The molecule has 4 aromatic rings. The Labute approximate surface area is 239 Å². The molecule has 0 fully saturated rings. The standard InChI is InChI=1S/C27H26ClFN8O4/c1-14-19-5-4-15(25-21(28)10-30-27(34-25)33-23-11-31-36(2)35-23)8-20(19)26(40)37(14)12-24(39)32-22(13-38)16-6-17(29)9-18(7-16)41-3/h4-11,14,22,38H,12-13H2,1-3H3,(H,32,39)(H,30,33,34,35)/t14-,22?/m1/s1. The molecule has 0 bridgehead atoms. The molecule has 2 aromatic heterocycles. The van der Waals surface area contributed by atoms with E-state index in [1.165, 1.54) is 47.4 Å². The van der Waals surface area contributed by atoms with Crippen molar-refractivity contribution in [3.8, 4) is 17.0 Å². The fourth-order valence-corrected chi connectivity index (χ4v) is 4.84. The lowest BCUT2D eigenvalue weighted by Crippen LogP contribution is -2.41. The minimum absolute atomic E-state index is 0.248. The molecule has 3 heterocycles. The number of nitrogens with zero attached hydrogens (tertiary/aromatic N) is 6. The molecule has 0 saturated carbocycles. The van der Waals surface area contributed by atoms with Gasteiger partial charge in [-0.15, -0.1) is 5.10 Å². The quantitative estimate of drug-likeness (QED) is 0.271. The van der Waals surface area contributed by atoms with E-state index in [2.05, 4.69) is 30.8 Å². The third kappa shape index (κ3) is 5.81. The number of anilines is 2. The highest BCUT2D eigenvalue weighted by Crippen LogP contribution is 2.37. The molecule has 5 rings (SSSR count). The molecule has 2 atom stereocenters. The van der Waals surface area contributed by atoms with Crippen LogP contribution in [0.25, 0.3) is 11.3 Å². The van der Waals surface area contributed by atoms with E-state index >= 15 is 0 Å². The number of aliphatic hydroxyl groups is 1. The monoisotopic (exact) mass is 580 g/mol. The number of aryl methyl sites for hydroxylation is 1. The lowest BCUT2D eigenvalue weighted by Gasteiger charge is -2.24. The number of hydrogen-bond donors (Lipinski definition) is 3. The molecular weight excluding hydrogens is 555 g/mol. The molecular formula is C27H26ClFN8O4. The first kappa shape index (κ1) is 27.9. The second-order valence-electron chi connectivity index (χ2n) is 9.37. The Balaban J connectivity index is 1.33. The minimum atomic E-state index is -0.890. The van der Waals surface area contributed by atoms with Gasteiger partial charge in [0.25, 0.3) is 5.91 Å². The zero-order chi connectivity index (χ0) is 29.3. The smallest absolute Gasteiger partial charge is 0.255 e. The van der Waals surface area contributed by atoms with Gasteiger partial charge in [-0.25, -0.2) is 14.4 Å². The van der Waals surface area contributed by atoms with Crippen molar-refractivity contribution in [3.63, 3.8) is 0 Å². The van der Waals surface area contributed by atoms with E-state index in [9.17, 15) is 19.1 Å². The first-order chi connectivity index (χ1) is 19.7. The SMILES string of the molecule is COc1cc(F)cc(C(CO)NC(=O)CN2C(=O)c3cc(-c4nc(Nc5cnn(C)n5)ncc4Cl)ccc3[C@H]2C)c1. The van der Waals surface area contributed by atoms with Crippen LogP contribution >= 0.6 is 11.6 Å². The van der Waals surface area contributed by atoms with Crippen molar-refractivity contribution < 1.29 is 23.8 Å². The maximum absolute atomic E-state index is 14.0. The van der Waals surface area contributed by atoms with Gasteiger partial charge in [0.15, 0.2) is 5.82 Å². The van der Waals surface area contributed by atoms with Crippen LogP contribution in [-0.4, -0.2) is 67.0 Å². The van der Waals surface area contributed by atoms with Crippen molar-refractivity contribution in [1.82, 2.24) is 35.2 Å². The summed E-state index contributed by atoms with van der Waals surface area (Å²) in [5.74, 6) is -0.477. The van der Waals surface area contributed by atoms with Gasteiger partial charge in [0, 0.05) is 24.2 Å². The molecule has 2 aromatic carbocycles. The maximum atomic E-state index is 14.0. The van der Waals surface area contributed by atoms with Crippen molar-refractivity contribution >= 4 is 35.2 Å².